The molecule has 0 amide bonds. The summed E-state index contributed by atoms with van der Waals surface area (Å²) in [5, 5.41) is 3.04. The molecule has 21 heavy (non-hydrogen) atoms. The van der Waals surface area contributed by atoms with Gasteiger partial charge in [0, 0.05) is 31.2 Å². The molecule has 2 aromatic rings. The molecule has 0 spiro atoms. The van der Waals surface area contributed by atoms with Crippen molar-refractivity contribution in [3.8, 4) is 5.75 Å². The first-order chi connectivity index (χ1) is 9.78. The van der Waals surface area contributed by atoms with E-state index in [4.69, 9.17) is 10.5 Å². The molecule has 0 saturated carbocycles. The maximum atomic E-state index is 5.82. The minimum atomic E-state index is 0. The first-order valence-electron chi connectivity index (χ1n) is 6.44. The largest absolute Gasteiger partial charge is 0.497 e. The number of nitrogens with one attached hydrogen (secondary N) is 1. The van der Waals surface area contributed by atoms with E-state index in [1.165, 1.54) is 0 Å². The second kappa shape index (κ2) is 9.22. The molecule has 1 aromatic carbocycles. The molecule has 0 aliphatic rings. The number of ether oxygens (including phenoxy) is 1. The molecule has 0 unspecified atom stereocenters. The topological polar surface area (TPSA) is 77.5 Å². The van der Waals surface area contributed by atoms with E-state index in [1.54, 1.807) is 19.6 Å². The van der Waals surface area contributed by atoms with Crippen LogP contribution in [0, 0.1) is 0 Å². The maximum Gasteiger partial charge on any atom is 0.193 e. The summed E-state index contributed by atoms with van der Waals surface area (Å²) in [6.07, 6.45) is 6.41. The van der Waals surface area contributed by atoms with Gasteiger partial charge < -0.3 is 20.4 Å². The highest BCUT2D eigenvalue weighted by atomic mass is 127. The van der Waals surface area contributed by atoms with Crippen LogP contribution in [0.4, 0.5) is 5.69 Å². The fraction of sp³-hybridized carbons (Fsp3) is 0.286. The van der Waals surface area contributed by atoms with Gasteiger partial charge in [0.2, 0.25) is 0 Å². The average Bonchev–Trinajstić information content (AvgIpc) is 2.98. The van der Waals surface area contributed by atoms with Gasteiger partial charge in [0.1, 0.15) is 5.75 Å². The molecular formula is C14H20IN5O. The van der Waals surface area contributed by atoms with Gasteiger partial charge in [-0.25, -0.2) is 4.98 Å². The summed E-state index contributed by atoms with van der Waals surface area (Å²) >= 11 is 0. The lowest BCUT2D eigenvalue weighted by molar-refractivity contribution is 0.415. The molecule has 0 fully saturated rings. The zero-order valence-corrected chi connectivity index (χ0v) is 14.2. The van der Waals surface area contributed by atoms with Gasteiger partial charge in [-0.1, -0.05) is 0 Å². The molecule has 114 valence electrons. The van der Waals surface area contributed by atoms with Crippen molar-refractivity contribution in [3.05, 3.63) is 43.0 Å². The number of nitrogens with zero attached hydrogens (tertiary/aromatic N) is 3. The third kappa shape index (κ3) is 6.03. The summed E-state index contributed by atoms with van der Waals surface area (Å²) in [7, 11) is 1.64. The standard InChI is InChI=1S/C14H19N5O.HI/c1-20-13-5-3-12(4-6-13)18-14(15)17-7-2-9-19-10-8-16-11-19;/h3-6,8,10-11H,2,7,9H2,1H3,(H3,15,17,18);1H. The lowest BCUT2D eigenvalue weighted by Crippen LogP contribution is -2.22. The van der Waals surface area contributed by atoms with Crippen LogP contribution in [0.15, 0.2) is 48.0 Å². The van der Waals surface area contributed by atoms with E-state index < -0.39 is 0 Å². The second-order valence-electron chi connectivity index (χ2n) is 4.27. The lowest BCUT2D eigenvalue weighted by atomic mass is 10.3. The molecule has 7 heteroatoms. The first kappa shape index (κ1) is 17.3. The zero-order valence-electron chi connectivity index (χ0n) is 11.9. The van der Waals surface area contributed by atoms with Gasteiger partial charge in [-0.3, -0.25) is 4.99 Å². The average molecular weight is 401 g/mol. The number of aromatic nitrogens is 2. The number of benzene rings is 1. The van der Waals surface area contributed by atoms with Gasteiger partial charge in [0.05, 0.1) is 13.4 Å². The number of rotatable bonds is 6. The summed E-state index contributed by atoms with van der Waals surface area (Å²) < 4.78 is 7.11. The minimum absolute atomic E-state index is 0. The predicted molar refractivity (Wildman–Crippen MR) is 95.4 cm³/mol. The highest BCUT2D eigenvalue weighted by molar-refractivity contribution is 14.0. The molecule has 0 bridgehead atoms. The normalized spacial score (nSPS) is 10.8. The van der Waals surface area contributed by atoms with Crippen LogP contribution in [0.5, 0.6) is 5.75 Å². The van der Waals surface area contributed by atoms with E-state index in [2.05, 4.69) is 15.3 Å². The van der Waals surface area contributed by atoms with Crippen LogP contribution < -0.4 is 15.8 Å². The molecule has 0 atom stereocenters. The van der Waals surface area contributed by atoms with Crippen molar-refractivity contribution in [1.82, 2.24) is 9.55 Å². The van der Waals surface area contributed by atoms with Gasteiger partial charge in [0.25, 0.3) is 0 Å². The summed E-state index contributed by atoms with van der Waals surface area (Å²) in [5.41, 5.74) is 6.71. The van der Waals surface area contributed by atoms with Crippen molar-refractivity contribution < 1.29 is 4.74 Å². The van der Waals surface area contributed by atoms with Crippen LogP contribution in [0.25, 0.3) is 0 Å². The van der Waals surface area contributed by atoms with E-state index in [0.717, 1.165) is 24.4 Å². The third-order valence-electron chi connectivity index (χ3n) is 2.78. The highest BCUT2D eigenvalue weighted by Crippen LogP contribution is 2.14. The molecule has 1 aromatic heterocycles. The smallest absolute Gasteiger partial charge is 0.193 e. The van der Waals surface area contributed by atoms with Gasteiger partial charge in [-0.05, 0) is 30.7 Å². The summed E-state index contributed by atoms with van der Waals surface area (Å²) in [4.78, 5) is 8.27. The molecule has 0 saturated heterocycles. The van der Waals surface area contributed by atoms with E-state index in [9.17, 15) is 0 Å². The van der Waals surface area contributed by atoms with E-state index in [1.807, 2.05) is 35.0 Å². The Morgan fingerprint density at radius 3 is 2.76 bits per heavy atom. The summed E-state index contributed by atoms with van der Waals surface area (Å²) in [6, 6.07) is 7.53. The number of nitrogens with two attached hydrogens (primary N) is 1. The lowest BCUT2D eigenvalue weighted by Gasteiger charge is -2.06. The number of aliphatic imine (C=N–C) groups is 1. The van der Waals surface area contributed by atoms with Crippen LogP contribution in [0.2, 0.25) is 0 Å². The fourth-order valence-electron chi connectivity index (χ4n) is 1.73. The molecule has 0 radical (unpaired) electrons. The molecule has 3 N–H and O–H groups in total. The van der Waals surface area contributed by atoms with Crippen molar-refractivity contribution in [3.63, 3.8) is 0 Å². The molecule has 6 nitrogen and oxygen atoms in total. The van der Waals surface area contributed by atoms with Crippen LogP contribution in [0.3, 0.4) is 0 Å². The van der Waals surface area contributed by atoms with Crippen molar-refractivity contribution in [2.75, 3.05) is 19.0 Å². The van der Waals surface area contributed by atoms with Crippen LogP contribution in [-0.4, -0.2) is 29.2 Å². The van der Waals surface area contributed by atoms with Crippen molar-refractivity contribution in [2.24, 2.45) is 10.7 Å². The predicted octanol–water partition coefficient (Wildman–Crippen LogP) is 2.33. The molecule has 1 heterocycles. The minimum Gasteiger partial charge on any atom is -0.497 e. The Bertz CT molecular complexity index is 539. The number of guanidine groups is 1. The van der Waals surface area contributed by atoms with Gasteiger partial charge in [0.15, 0.2) is 5.96 Å². The molecular weight excluding hydrogens is 381 g/mol. The van der Waals surface area contributed by atoms with Crippen molar-refractivity contribution in [2.45, 2.75) is 13.0 Å². The number of anilines is 1. The van der Waals surface area contributed by atoms with Crippen molar-refractivity contribution in [1.29, 1.82) is 0 Å². The Kier molecular flexibility index (Phi) is 7.59. The molecule has 0 aliphatic carbocycles. The zero-order chi connectivity index (χ0) is 14.2. The summed E-state index contributed by atoms with van der Waals surface area (Å²) in [6.45, 7) is 1.56. The molecule has 2 rings (SSSR count). The number of imidazole rings is 1. The Morgan fingerprint density at radius 1 is 1.38 bits per heavy atom. The van der Waals surface area contributed by atoms with Gasteiger partial charge in [-0.2, -0.15) is 0 Å². The monoisotopic (exact) mass is 401 g/mol. The Hall–Kier alpha value is -1.77. The van der Waals surface area contributed by atoms with E-state index >= 15 is 0 Å². The van der Waals surface area contributed by atoms with E-state index in [0.29, 0.717) is 12.5 Å². The quantitative estimate of drug-likeness (QED) is 0.337. The number of methoxy groups -OCH3 is 1. The van der Waals surface area contributed by atoms with Crippen LogP contribution >= 0.6 is 24.0 Å². The van der Waals surface area contributed by atoms with Gasteiger partial charge >= 0.3 is 0 Å². The highest BCUT2D eigenvalue weighted by Gasteiger charge is 1.96. The maximum absolute atomic E-state index is 5.82. The van der Waals surface area contributed by atoms with Gasteiger partial charge in [-0.15, -0.1) is 24.0 Å². The van der Waals surface area contributed by atoms with Crippen LogP contribution in [-0.2, 0) is 6.54 Å². The Labute approximate surface area is 141 Å². The van der Waals surface area contributed by atoms with E-state index in [-0.39, 0.29) is 24.0 Å². The first-order valence-corrected chi connectivity index (χ1v) is 6.44. The fourth-order valence-corrected chi connectivity index (χ4v) is 1.73. The summed E-state index contributed by atoms with van der Waals surface area (Å²) in [5.74, 6) is 1.23. The second-order valence-corrected chi connectivity index (χ2v) is 4.27. The van der Waals surface area contributed by atoms with Crippen molar-refractivity contribution >= 4 is 35.6 Å². The Morgan fingerprint density at radius 2 is 2.14 bits per heavy atom. The number of hydrogen-bond acceptors (Lipinski definition) is 3. The number of hydrogen-bond donors (Lipinski definition) is 2. The Balaban J connectivity index is 0.00000220. The van der Waals surface area contributed by atoms with Crippen LogP contribution in [0.1, 0.15) is 6.42 Å². The SMILES string of the molecule is COc1ccc(NC(N)=NCCCn2ccnc2)cc1.I. The third-order valence-corrected chi connectivity index (χ3v) is 2.78. The molecule has 0 aliphatic heterocycles. The number of halogens is 1. The number of aryl methyl sites for hydroxylation is 1.